The van der Waals surface area contributed by atoms with Crippen molar-refractivity contribution in [3.63, 3.8) is 0 Å². The number of esters is 1. The molecule has 5 rings (SSSR count). The number of carbonyl (C=O) groups excluding carboxylic acids is 1. The Hall–Kier alpha value is -4.41. The number of hydrogen-bond donors (Lipinski definition) is 1. The number of aliphatic carboxylic acids is 1. The van der Waals surface area contributed by atoms with Crippen molar-refractivity contribution in [3.8, 4) is 34.1 Å². The zero-order valence-corrected chi connectivity index (χ0v) is 25.3. The van der Waals surface area contributed by atoms with E-state index in [2.05, 4.69) is 4.90 Å². The molecule has 0 saturated carbocycles. The van der Waals surface area contributed by atoms with Gasteiger partial charge in [-0.3, -0.25) is 14.5 Å². The Morgan fingerprint density at radius 2 is 1.50 bits per heavy atom. The summed E-state index contributed by atoms with van der Waals surface area (Å²) in [6, 6.07) is 22.8. The normalized spacial score (nSPS) is 13.8. The lowest BCUT2D eigenvalue weighted by atomic mass is 9.99. The van der Waals surface area contributed by atoms with Crippen LogP contribution in [-0.4, -0.2) is 62.9 Å². The maximum absolute atomic E-state index is 12.1. The standard InChI is InChI=1S/C34H35NO8S/c1-44(39,40)29-13-5-24(6-14-29)30-15-7-25-23-28(42-33(38)18-17-32(36)37)12-16-31(25)34(30)43-27-10-8-26(9-11-27)41-22-21-35-19-3-2-4-20-35/h5-16,23H,2-4,17-22H2,1H3,(H,36,37). The van der Waals surface area contributed by atoms with Gasteiger partial charge in [0.15, 0.2) is 9.84 Å². The van der Waals surface area contributed by atoms with E-state index in [1.54, 1.807) is 42.5 Å². The molecule has 4 aromatic carbocycles. The molecule has 0 aliphatic carbocycles. The van der Waals surface area contributed by atoms with Gasteiger partial charge in [0.2, 0.25) is 0 Å². The van der Waals surface area contributed by atoms with E-state index in [0.29, 0.717) is 18.1 Å². The lowest BCUT2D eigenvalue weighted by molar-refractivity contribution is -0.142. The Kier molecular flexibility index (Phi) is 9.82. The van der Waals surface area contributed by atoms with Crippen molar-refractivity contribution in [1.29, 1.82) is 0 Å². The van der Waals surface area contributed by atoms with Crippen molar-refractivity contribution in [1.82, 2.24) is 4.90 Å². The van der Waals surface area contributed by atoms with E-state index in [9.17, 15) is 18.0 Å². The van der Waals surface area contributed by atoms with Crippen molar-refractivity contribution in [3.05, 3.63) is 78.9 Å². The number of ether oxygens (including phenoxy) is 3. The lowest BCUT2D eigenvalue weighted by Crippen LogP contribution is -2.33. The lowest BCUT2D eigenvalue weighted by Gasteiger charge is -2.26. The van der Waals surface area contributed by atoms with Gasteiger partial charge >= 0.3 is 11.9 Å². The number of piperidine rings is 1. The Labute approximate surface area is 256 Å². The molecule has 1 fully saturated rings. The highest BCUT2D eigenvalue weighted by molar-refractivity contribution is 7.90. The van der Waals surface area contributed by atoms with Crippen LogP contribution >= 0.6 is 0 Å². The highest BCUT2D eigenvalue weighted by Gasteiger charge is 2.16. The molecule has 10 heteroatoms. The summed E-state index contributed by atoms with van der Waals surface area (Å²) in [5.41, 5.74) is 1.50. The summed E-state index contributed by atoms with van der Waals surface area (Å²) >= 11 is 0. The van der Waals surface area contributed by atoms with Crippen molar-refractivity contribution in [2.24, 2.45) is 0 Å². The Balaban J connectivity index is 1.40. The van der Waals surface area contributed by atoms with Crippen LogP contribution in [0.15, 0.2) is 83.8 Å². The van der Waals surface area contributed by atoms with Crippen LogP contribution in [0.5, 0.6) is 23.0 Å². The maximum Gasteiger partial charge on any atom is 0.311 e. The van der Waals surface area contributed by atoms with E-state index in [1.165, 1.54) is 25.5 Å². The summed E-state index contributed by atoms with van der Waals surface area (Å²) in [5.74, 6) is 0.449. The predicted octanol–water partition coefficient (Wildman–Crippen LogP) is 6.34. The molecule has 0 amide bonds. The van der Waals surface area contributed by atoms with Crippen LogP contribution in [-0.2, 0) is 19.4 Å². The first kappa shape index (κ1) is 31.0. The fraction of sp³-hybridized carbons (Fsp3) is 0.294. The molecular formula is C34H35NO8S. The zero-order chi connectivity index (χ0) is 31.1. The number of fused-ring (bicyclic) bond motifs is 1. The molecule has 1 saturated heterocycles. The smallest absolute Gasteiger partial charge is 0.311 e. The topological polar surface area (TPSA) is 119 Å². The van der Waals surface area contributed by atoms with Crippen molar-refractivity contribution < 1.29 is 37.3 Å². The van der Waals surface area contributed by atoms with E-state index >= 15 is 0 Å². The molecule has 9 nitrogen and oxygen atoms in total. The fourth-order valence-electron chi connectivity index (χ4n) is 5.15. The van der Waals surface area contributed by atoms with Gasteiger partial charge in [-0.2, -0.15) is 0 Å². The predicted molar refractivity (Wildman–Crippen MR) is 167 cm³/mol. The molecule has 0 bridgehead atoms. The van der Waals surface area contributed by atoms with E-state index in [1.807, 2.05) is 36.4 Å². The second-order valence-corrected chi connectivity index (χ2v) is 12.8. The summed E-state index contributed by atoms with van der Waals surface area (Å²) in [4.78, 5) is 25.5. The van der Waals surface area contributed by atoms with Gasteiger partial charge in [0.05, 0.1) is 17.7 Å². The molecule has 0 unspecified atom stereocenters. The first-order chi connectivity index (χ1) is 21.2. The molecule has 1 heterocycles. The van der Waals surface area contributed by atoms with Crippen LogP contribution < -0.4 is 14.2 Å². The largest absolute Gasteiger partial charge is 0.492 e. The first-order valence-electron chi connectivity index (χ1n) is 14.6. The minimum Gasteiger partial charge on any atom is -0.492 e. The third-order valence-electron chi connectivity index (χ3n) is 7.48. The van der Waals surface area contributed by atoms with Crippen LogP contribution in [0, 0.1) is 0 Å². The summed E-state index contributed by atoms with van der Waals surface area (Å²) < 4.78 is 41.8. The summed E-state index contributed by atoms with van der Waals surface area (Å²) in [7, 11) is -3.36. The minimum atomic E-state index is -3.36. The molecule has 230 valence electrons. The van der Waals surface area contributed by atoms with Crippen LogP contribution in [0.4, 0.5) is 0 Å². The number of carbonyl (C=O) groups is 2. The molecule has 0 spiro atoms. The number of rotatable bonds is 12. The molecule has 0 atom stereocenters. The van der Waals surface area contributed by atoms with Gasteiger partial charge < -0.3 is 19.3 Å². The number of sulfone groups is 1. The second kappa shape index (κ2) is 13.9. The molecule has 1 N–H and O–H groups in total. The number of hydrogen-bond acceptors (Lipinski definition) is 8. The number of carboxylic acid groups (broad SMARTS) is 1. The third kappa shape index (κ3) is 8.15. The van der Waals surface area contributed by atoms with E-state index in [-0.39, 0.29) is 23.5 Å². The van der Waals surface area contributed by atoms with Gasteiger partial charge in [0, 0.05) is 23.8 Å². The van der Waals surface area contributed by atoms with Gasteiger partial charge in [0.25, 0.3) is 0 Å². The maximum atomic E-state index is 12.1. The van der Waals surface area contributed by atoms with Crippen LogP contribution in [0.2, 0.25) is 0 Å². The van der Waals surface area contributed by atoms with Crippen molar-refractivity contribution in [2.45, 2.75) is 37.0 Å². The molecule has 0 radical (unpaired) electrons. The van der Waals surface area contributed by atoms with Gasteiger partial charge in [-0.15, -0.1) is 0 Å². The van der Waals surface area contributed by atoms with E-state index in [0.717, 1.165) is 47.3 Å². The van der Waals surface area contributed by atoms with Crippen LogP contribution in [0.25, 0.3) is 21.9 Å². The summed E-state index contributed by atoms with van der Waals surface area (Å²) in [6.45, 7) is 3.75. The molecular weight excluding hydrogens is 582 g/mol. The van der Waals surface area contributed by atoms with Gasteiger partial charge in [0.1, 0.15) is 29.6 Å². The molecule has 1 aliphatic rings. The van der Waals surface area contributed by atoms with Gasteiger partial charge in [-0.05, 0) is 97.5 Å². The molecule has 44 heavy (non-hydrogen) atoms. The molecule has 1 aliphatic heterocycles. The average Bonchev–Trinajstić information content (AvgIpc) is 3.01. The summed E-state index contributed by atoms with van der Waals surface area (Å²) in [6.07, 6.45) is 4.40. The highest BCUT2D eigenvalue weighted by atomic mass is 32.2. The quantitative estimate of drug-likeness (QED) is 0.143. The second-order valence-electron chi connectivity index (χ2n) is 10.8. The highest BCUT2D eigenvalue weighted by Crippen LogP contribution is 2.41. The molecule has 0 aromatic heterocycles. The minimum absolute atomic E-state index is 0.217. The Morgan fingerprint density at radius 1 is 0.818 bits per heavy atom. The summed E-state index contributed by atoms with van der Waals surface area (Å²) in [5, 5.41) is 10.3. The fourth-order valence-corrected chi connectivity index (χ4v) is 5.78. The van der Waals surface area contributed by atoms with Crippen molar-refractivity contribution in [2.75, 3.05) is 32.5 Å². The van der Waals surface area contributed by atoms with Crippen LogP contribution in [0.1, 0.15) is 32.1 Å². The number of carboxylic acids is 1. The third-order valence-corrected chi connectivity index (χ3v) is 8.61. The first-order valence-corrected chi connectivity index (χ1v) is 16.5. The molecule has 4 aromatic rings. The van der Waals surface area contributed by atoms with E-state index in [4.69, 9.17) is 19.3 Å². The monoisotopic (exact) mass is 617 g/mol. The number of likely N-dealkylation sites (tertiary alicyclic amines) is 1. The SMILES string of the molecule is CS(=O)(=O)c1ccc(-c2ccc3cc(OC(=O)CCC(=O)O)ccc3c2Oc2ccc(OCCN3CCCCC3)cc2)cc1. The average molecular weight is 618 g/mol. The van der Waals surface area contributed by atoms with Gasteiger partial charge in [-0.1, -0.05) is 24.6 Å². The van der Waals surface area contributed by atoms with E-state index < -0.39 is 21.8 Å². The number of nitrogens with zero attached hydrogens (tertiary/aromatic N) is 1. The number of benzene rings is 4. The zero-order valence-electron chi connectivity index (χ0n) is 24.5. The van der Waals surface area contributed by atoms with Crippen molar-refractivity contribution >= 4 is 32.5 Å². The van der Waals surface area contributed by atoms with Crippen LogP contribution in [0.3, 0.4) is 0 Å². The Morgan fingerprint density at radius 3 is 2.18 bits per heavy atom. The Bertz CT molecular complexity index is 1730. The van der Waals surface area contributed by atoms with Gasteiger partial charge in [-0.25, -0.2) is 8.42 Å².